The van der Waals surface area contributed by atoms with Crippen molar-refractivity contribution in [1.29, 1.82) is 0 Å². The molecule has 0 aromatic carbocycles. The molecule has 0 aliphatic rings. The number of halogens is 12. The summed E-state index contributed by atoms with van der Waals surface area (Å²) >= 11 is 0. The molecule has 0 aliphatic carbocycles. The highest BCUT2D eigenvalue weighted by Gasteiger charge is 2.81. The van der Waals surface area contributed by atoms with Gasteiger partial charge in [0.1, 0.15) is 0 Å². The van der Waals surface area contributed by atoms with Crippen LogP contribution in [0.5, 0.6) is 0 Å². The van der Waals surface area contributed by atoms with Crippen LogP contribution in [-0.4, -0.2) is 35.9 Å². The lowest BCUT2D eigenvalue weighted by molar-refractivity contribution is -0.413. The van der Waals surface area contributed by atoms with Gasteiger partial charge in [0.2, 0.25) is 0 Å². The average molecular weight is 372 g/mol. The maximum atomic E-state index is 13.4. The van der Waals surface area contributed by atoms with Crippen molar-refractivity contribution < 1.29 is 67.0 Å². The van der Waals surface area contributed by atoms with Gasteiger partial charge < -0.3 is 0 Å². The van der Waals surface area contributed by atoms with Crippen LogP contribution in [0, 0.1) is 0 Å². The Morgan fingerprint density at radius 3 is 1.17 bits per heavy atom. The molecule has 3 nitrogen and oxygen atoms in total. The largest absolute Gasteiger partial charge is 0.417 e. The van der Waals surface area contributed by atoms with Crippen LogP contribution in [-0.2, 0) is 14.3 Å². The Morgan fingerprint density at radius 1 is 0.652 bits per heavy atom. The Kier molecular flexibility index (Phi) is 5.54. The maximum Gasteiger partial charge on any atom is 0.417 e. The summed E-state index contributed by atoms with van der Waals surface area (Å²) in [6.07, 6.45) is -10.7. The van der Waals surface area contributed by atoms with Gasteiger partial charge in [0.15, 0.2) is 0 Å². The molecule has 0 fully saturated rings. The maximum absolute atomic E-state index is 13.4. The van der Waals surface area contributed by atoms with Crippen molar-refractivity contribution in [3.8, 4) is 0 Å². The van der Waals surface area contributed by atoms with E-state index in [0.717, 1.165) is 0 Å². The Hall–Kier alpha value is -1.80. The van der Waals surface area contributed by atoms with Crippen LogP contribution in [0.25, 0.3) is 0 Å². The van der Waals surface area contributed by atoms with Crippen LogP contribution in [0.15, 0.2) is 11.9 Å². The van der Waals surface area contributed by atoms with E-state index >= 15 is 0 Å². The van der Waals surface area contributed by atoms with Gasteiger partial charge in [0.05, 0.1) is 0 Å². The highest BCUT2D eigenvalue weighted by molar-refractivity contribution is 5.83. The average Bonchev–Trinajstić information content (AvgIpc) is 2.35. The SMILES string of the molecule is O=C(F)C(F)(F)C(F)(OC(F)(F)C(F)=C(F)F)C(F)(F)C(=O)F. The number of carbonyl (C=O) groups is 2. The third kappa shape index (κ3) is 3.42. The number of carbonyl (C=O) groups excluding carboxylic acids is 2. The minimum absolute atomic E-state index is 1.77. The number of rotatable bonds is 7. The third-order valence-electron chi connectivity index (χ3n) is 1.99. The summed E-state index contributed by atoms with van der Waals surface area (Å²) in [6.45, 7) is 0. The molecule has 23 heavy (non-hydrogen) atoms. The predicted octanol–water partition coefficient (Wildman–Crippen LogP) is 3.60. The summed E-state index contributed by atoms with van der Waals surface area (Å²) in [7, 11) is 0. The molecule has 0 aromatic heterocycles. The zero-order chi connectivity index (χ0) is 19.0. The molecule has 0 aromatic rings. The topological polar surface area (TPSA) is 43.4 Å². The summed E-state index contributed by atoms with van der Waals surface area (Å²) in [4.78, 5) is 19.5. The van der Waals surface area contributed by atoms with E-state index in [4.69, 9.17) is 0 Å². The first-order valence-electron chi connectivity index (χ1n) is 4.58. The van der Waals surface area contributed by atoms with Gasteiger partial charge in [-0.05, 0) is 0 Å². The predicted molar refractivity (Wildman–Crippen MR) is 42.3 cm³/mol. The summed E-state index contributed by atoms with van der Waals surface area (Å²) in [5.41, 5.74) is 0. The first kappa shape index (κ1) is 21.2. The molecule has 0 radical (unpaired) electrons. The van der Waals surface area contributed by atoms with Crippen LogP contribution in [0.2, 0.25) is 0 Å². The second-order valence-corrected chi connectivity index (χ2v) is 3.48. The number of ether oxygens (including phenoxy) is 1. The Bertz CT molecular complexity index is 508. The molecular weight excluding hydrogens is 372 g/mol. The first-order valence-corrected chi connectivity index (χ1v) is 4.58. The molecule has 134 valence electrons. The zero-order valence-electron chi connectivity index (χ0n) is 9.76. The van der Waals surface area contributed by atoms with Crippen LogP contribution >= 0.6 is 0 Å². The fourth-order valence-corrected chi connectivity index (χ4v) is 0.910. The minimum atomic E-state index is -7.19. The lowest BCUT2D eigenvalue weighted by atomic mass is 10.0. The van der Waals surface area contributed by atoms with Gasteiger partial charge in [-0.15, -0.1) is 0 Å². The molecule has 0 N–H and O–H groups in total. The lowest BCUT2D eigenvalue weighted by Crippen LogP contribution is -2.65. The molecule has 0 spiro atoms. The highest BCUT2D eigenvalue weighted by Crippen LogP contribution is 2.50. The third-order valence-corrected chi connectivity index (χ3v) is 1.99. The van der Waals surface area contributed by atoms with Crippen LogP contribution < -0.4 is 0 Å². The molecule has 15 heteroatoms. The van der Waals surface area contributed by atoms with Crippen molar-refractivity contribution in [1.82, 2.24) is 0 Å². The number of hydrogen-bond acceptors (Lipinski definition) is 3. The molecule has 0 heterocycles. The van der Waals surface area contributed by atoms with Crippen molar-refractivity contribution in [3.05, 3.63) is 11.9 Å². The molecule has 0 saturated carbocycles. The summed E-state index contributed by atoms with van der Waals surface area (Å²) in [5.74, 6) is -25.4. The van der Waals surface area contributed by atoms with Crippen molar-refractivity contribution >= 4 is 12.1 Å². The Balaban J connectivity index is 6.40. The van der Waals surface area contributed by atoms with Crippen LogP contribution in [0.1, 0.15) is 0 Å². The van der Waals surface area contributed by atoms with E-state index in [2.05, 4.69) is 0 Å². The quantitative estimate of drug-likeness (QED) is 0.507. The molecule has 0 atom stereocenters. The molecule has 0 bridgehead atoms. The van der Waals surface area contributed by atoms with Gasteiger partial charge in [-0.1, -0.05) is 0 Å². The van der Waals surface area contributed by atoms with E-state index in [1.165, 1.54) is 0 Å². The van der Waals surface area contributed by atoms with Gasteiger partial charge in [0.25, 0.3) is 5.83 Å². The summed E-state index contributed by atoms with van der Waals surface area (Å²) in [5, 5.41) is 0. The van der Waals surface area contributed by atoms with Gasteiger partial charge in [-0.2, -0.15) is 52.7 Å². The van der Waals surface area contributed by atoms with Gasteiger partial charge in [-0.3, -0.25) is 14.3 Å². The van der Waals surface area contributed by atoms with Crippen molar-refractivity contribution in [2.75, 3.05) is 0 Å². The standard InChI is InChI=1S/C8F12O3/c9-1(2(10)11)7(18,19)23-8(20,5(14,15)3(12)21)6(16,17)4(13)22. The van der Waals surface area contributed by atoms with Crippen molar-refractivity contribution in [3.63, 3.8) is 0 Å². The normalized spacial score (nSPS) is 13.7. The second-order valence-electron chi connectivity index (χ2n) is 3.48. The van der Waals surface area contributed by atoms with Gasteiger partial charge in [0, 0.05) is 0 Å². The monoisotopic (exact) mass is 372 g/mol. The van der Waals surface area contributed by atoms with E-state index in [1.54, 1.807) is 4.74 Å². The number of hydrogen-bond donors (Lipinski definition) is 0. The van der Waals surface area contributed by atoms with Gasteiger partial charge >= 0.3 is 42.0 Å². The Morgan fingerprint density at radius 2 is 0.957 bits per heavy atom. The van der Waals surface area contributed by atoms with Crippen LogP contribution in [0.4, 0.5) is 52.7 Å². The van der Waals surface area contributed by atoms with Crippen LogP contribution in [0.3, 0.4) is 0 Å². The zero-order valence-corrected chi connectivity index (χ0v) is 9.76. The van der Waals surface area contributed by atoms with Crippen molar-refractivity contribution in [2.45, 2.75) is 23.8 Å². The minimum Gasteiger partial charge on any atom is -0.265 e. The van der Waals surface area contributed by atoms with E-state index in [1.807, 2.05) is 0 Å². The fourth-order valence-electron chi connectivity index (χ4n) is 0.910. The smallest absolute Gasteiger partial charge is 0.265 e. The van der Waals surface area contributed by atoms with E-state index in [9.17, 15) is 62.3 Å². The molecule has 0 rings (SSSR count). The molecule has 0 unspecified atom stereocenters. The van der Waals surface area contributed by atoms with Crippen molar-refractivity contribution in [2.24, 2.45) is 0 Å². The molecular formula is C8F12O3. The fraction of sp³-hybridized carbons (Fsp3) is 0.500. The molecule has 0 saturated heterocycles. The lowest BCUT2D eigenvalue weighted by Gasteiger charge is -2.35. The van der Waals surface area contributed by atoms with E-state index in [0.29, 0.717) is 0 Å². The highest BCUT2D eigenvalue weighted by atomic mass is 19.3. The number of alkyl halides is 7. The summed E-state index contributed by atoms with van der Waals surface area (Å²) in [6, 6.07) is -8.97. The van der Waals surface area contributed by atoms with E-state index in [-0.39, 0.29) is 0 Å². The van der Waals surface area contributed by atoms with E-state index < -0.39 is 47.8 Å². The first-order chi connectivity index (χ1) is 9.95. The van der Waals surface area contributed by atoms with Gasteiger partial charge in [-0.25, -0.2) is 0 Å². The second kappa shape index (κ2) is 6.01. The Labute approximate surface area is 116 Å². The molecule has 0 amide bonds. The molecule has 0 aliphatic heterocycles. The summed E-state index contributed by atoms with van der Waals surface area (Å²) < 4.78 is 151.